The minimum Gasteiger partial charge on any atom is -0.480 e. The highest BCUT2D eigenvalue weighted by molar-refractivity contribution is 7.09. The third-order valence-electron chi connectivity index (χ3n) is 3.46. The van der Waals surface area contributed by atoms with Gasteiger partial charge in [-0.15, -0.1) is 11.3 Å². The second-order valence-electron chi connectivity index (χ2n) is 5.57. The Morgan fingerprint density at radius 2 is 2.14 bits per heavy atom. The van der Waals surface area contributed by atoms with Crippen molar-refractivity contribution < 1.29 is 19.4 Å². The van der Waals surface area contributed by atoms with Crippen molar-refractivity contribution in [1.29, 1.82) is 0 Å². The number of esters is 1. The molecule has 1 rings (SSSR count). The van der Waals surface area contributed by atoms with Crippen LogP contribution in [0.4, 0.5) is 0 Å². The number of carboxylic acid groups (broad SMARTS) is 1. The van der Waals surface area contributed by atoms with E-state index >= 15 is 0 Å². The van der Waals surface area contributed by atoms with Crippen LogP contribution in [-0.4, -0.2) is 28.6 Å². The number of carbonyl (C=O) groups is 2. The zero-order valence-corrected chi connectivity index (χ0v) is 13.8. The van der Waals surface area contributed by atoms with Crippen LogP contribution in [0.1, 0.15) is 44.2 Å². The zero-order chi connectivity index (χ0) is 16.0. The summed E-state index contributed by atoms with van der Waals surface area (Å²) in [5.41, 5.74) is 1.16. The quantitative estimate of drug-likeness (QED) is 0.589. The maximum absolute atomic E-state index is 12.3. The molecule has 0 aromatic carbocycles. The Morgan fingerprint density at radius 3 is 2.57 bits per heavy atom. The topological polar surface area (TPSA) is 76.5 Å². The molecule has 1 unspecified atom stereocenters. The molecule has 0 aliphatic heterocycles. The average Bonchev–Trinajstić information content (AvgIpc) is 2.79. The summed E-state index contributed by atoms with van der Waals surface area (Å²) in [6, 6.07) is 0. The van der Waals surface area contributed by atoms with E-state index in [1.807, 2.05) is 20.8 Å². The number of rotatable bonds is 8. The maximum Gasteiger partial charge on any atom is 0.323 e. The van der Waals surface area contributed by atoms with Gasteiger partial charge in [-0.25, -0.2) is 4.98 Å². The van der Waals surface area contributed by atoms with Crippen molar-refractivity contribution in [2.45, 2.75) is 47.0 Å². The maximum atomic E-state index is 12.3. The predicted molar refractivity (Wildman–Crippen MR) is 81.3 cm³/mol. The summed E-state index contributed by atoms with van der Waals surface area (Å²) in [6.45, 7) is 7.59. The second kappa shape index (κ2) is 7.54. The van der Waals surface area contributed by atoms with Gasteiger partial charge in [0.25, 0.3) is 0 Å². The number of carboxylic acids is 1. The Balaban J connectivity index is 3.01. The molecule has 1 aromatic heterocycles. The SMILES string of the molecule is CCOC(=O)C(CCc1scnc1C)(CC(C)C)C(=O)O. The summed E-state index contributed by atoms with van der Waals surface area (Å²) < 4.78 is 5.04. The van der Waals surface area contributed by atoms with E-state index in [4.69, 9.17) is 4.74 Å². The van der Waals surface area contributed by atoms with Crippen molar-refractivity contribution in [3.05, 3.63) is 16.1 Å². The lowest BCUT2D eigenvalue weighted by Crippen LogP contribution is -2.42. The van der Waals surface area contributed by atoms with Crippen molar-refractivity contribution >= 4 is 23.3 Å². The third-order valence-corrected chi connectivity index (χ3v) is 4.45. The lowest BCUT2D eigenvalue weighted by atomic mass is 9.76. The monoisotopic (exact) mass is 313 g/mol. The first-order valence-electron chi connectivity index (χ1n) is 7.13. The average molecular weight is 313 g/mol. The highest BCUT2D eigenvalue weighted by Gasteiger charge is 2.47. The normalized spacial score (nSPS) is 14.0. The van der Waals surface area contributed by atoms with Gasteiger partial charge in [-0.1, -0.05) is 13.8 Å². The third kappa shape index (κ3) is 4.27. The van der Waals surface area contributed by atoms with Crippen molar-refractivity contribution in [1.82, 2.24) is 4.98 Å². The molecule has 1 heterocycles. The van der Waals surface area contributed by atoms with E-state index in [0.29, 0.717) is 6.42 Å². The van der Waals surface area contributed by atoms with E-state index in [-0.39, 0.29) is 25.4 Å². The van der Waals surface area contributed by atoms with Gasteiger partial charge in [-0.2, -0.15) is 0 Å². The van der Waals surface area contributed by atoms with Crippen LogP contribution in [0.2, 0.25) is 0 Å². The Labute approximate surface area is 129 Å². The van der Waals surface area contributed by atoms with Gasteiger partial charge >= 0.3 is 11.9 Å². The summed E-state index contributed by atoms with van der Waals surface area (Å²) in [6.07, 6.45) is 1.04. The van der Waals surface area contributed by atoms with Gasteiger partial charge in [-0.3, -0.25) is 9.59 Å². The molecule has 0 aliphatic carbocycles. The summed E-state index contributed by atoms with van der Waals surface area (Å²) >= 11 is 1.49. The second-order valence-corrected chi connectivity index (χ2v) is 6.51. The van der Waals surface area contributed by atoms with Gasteiger partial charge in [0.1, 0.15) is 0 Å². The van der Waals surface area contributed by atoms with Crippen LogP contribution in [0.15, 0.2) is 5.51 Å². The van der Waals surface area contributed by atoms with E-state index in [1.165, 1.54) is 11.3 Å². The first-order chi connectivity index (χ1) is 9.83. The minimum absolute atomic E-state index is 0.0908. The fourth-order valence-corrected chi connectivity index (χ4v) is 3.21. The van der Waals surface area contributed by atoms with E-state index in [2.05, 4.69) is 4.98 Å². The molecular weight excluding hydrogens is 290 g/mol. The predicted octanol–water partition coefficient (Wildman–Crippen LogP) is 3.06. The van der Waals surface area contributed by atoms with Gasteiger partial charge in [0, 0.05) is 4.88 Å². The number of ether oxygens (including phenoxy) is 1. The van der Waals surface area contributed by atoms with Gasteiger partial charge < -0.3 is 9.84 Å². The van der Waals surface area contributed by atoms with Gasteiger partial charge in [0.05, 0.1) is 17.8 Å². The van der Waals surface area contributed by atoms with E-state index in [1.54, 1.807) is 12.4 Å². The number of carbonyl (C=O) groups excluding carboxylic acids is 1. The van der Waals surface area contributed by atoms with Crippen molar-refractivity contribution in [2.75, 3.05) is 6.61 Å². The zero-order valence-electron chi connectivity index (χ0n) is 13.0. The van der Waals surface area contributed by atoms with E-state index < -0.39 is 17.4 Å². The van der Waals surface area contributed by atoms with Crippen molar-refractivity contribution in [3.63, 3.8) is 0 Å². The smallest absolute Gasteiger partial charge is 0.323 e. The van der Waals surface area contributed by atoms with Gasteiger partial charge in [0.15, 0.2) is 5.41 Å². The summed E-state index contributed by atoms with van der Waals surface area (Å²) in [5, 5.41) is 9.65. The molecule has 5 nitrogen and oxygen atoms in total. The first kappa shape index (κ1) is 17.6. The summed E-state index contributed by atoms with van der Waals surface area (Å²) in [5.74, 6) is -1.64. The Hall–Kier alpha value is -1.43. The number of aromatic nitrogens is 1. The van der Waals surface area contributed by atoms with Gasteiger partial charge in [-0.05, 0) is 39.0 Å². The standard InChI is InChI=1S/C15H23NO4S/c1-5-20-14(19)15(13(17)18,8-10(2)3)7-6-12-11(4)16-9-21-12/h9-10H,5-8H2,1-4H3,(H,17,18). The van der Waals surface area contributed by atoms with Crippen LogP contribution in [-0.2, 0) is 20.7 Å². The molecule has 0 spiro atoms. The number of aliphatic carboxylic acids is 1. The first-order valence-corrected chi connectivity index (χ1v) is 8.01. The summed E-state index contributed by atoms with van der Waals surface area (Å²) in [7, 11) is 0. The van der Waals surface area contributed by atoms with Crippen LogP contribution in [0.5, 0.6) is 0 Å². The molecule has 1 atom stereocenters. The number of thiazole rings is 1. The largest absolute Gasteiger partial charge is 0.480 e. The van der Waals surface area contributed by atoms with Crippen LogP contribution in [0.25, 0.3) is 0 Å². The number of hydrogen-bond donors (Lipinski definition) is 1. The Bertz CT molecular complexity index is 498. The molecule has 0 fully saturated rings. The fourth-order valence-electron chi connectivity index (χ4n) is 2.43. The van der Waals surface area contributed by atoms with Crippen LogP contribution in [0.3, 0.4) is 0 Å². The number of hydrogen-bond acceptors (Lipinski definition) is 5. The number of nitrogens with zero attached hydrogens (tertiary/aromatic N) is 1. The lowest BCUT2D eigenvalue weighted by Gasteiger charge is -2.28. The molecule has 0 saturated heterocycles. The van der Waals surface area contributed by atoms with Gasteiger partial charge in [0.2, 0.25) is 0 Å². The molecular formula is C15H23NO4S. The van der Waals surface area contributed by atoms with Crippen molar-refractivity contribution in [2.24, 2.45) is 11.3 Å². The minimum atomic E-state index is -1.47. The summed E-state index contributed by atoms with van der Waals surface area (Å²) in [4.78, 5) is 29.3. The van der Waals surface area contributed by atoms with Crippen LogP contribution >= 0.6 is 11.3 Å². The highest BCUT2D eigenvalue weighted by Crippen LogP contribution is 2.35. The molecule has 6 heteroatoms. The van der Waals surface area contributed by atoms with Crippen LogP contribution < -0.4 is 0 Å². The molecule has 0 saturated carbocycles. The van der Waals surface area contributed by atoms with Crippen LogP contribution in [0, 0.1) is 18.3 Å². The van der Waals surface area contributed by atoms with E-state index in [9.17, 15) is 14.7 Å². The molecule has 1 N–H and O–H groups in total. The van der Waals surface area contributed by atoms with E-state index in [0.717, 1.165) is 10.6 Å². The molecule has 0 amide bonds. The fraction of sp³-hybridized carbons (Fsp3) is 0.667. The Morgan fingerprint density at radius 1 is 1.48 bits per heavy atom. The lowest BCUT2D eigenvalue weighted by molar-refractivity contribution is -0.170. The molecule has 21 heavy (non-hydrogen) atoms. The molecule has 118 valence electrons. The molecule has 1 aromatic rings. The number of aryl methyl sites for hydroxylation is 2. The molecule has 0 radical (unpaired) electrons. The molecule has 0 aliphatic rings. The highest BCUT2D eigenvalue weighted by atomic mass is 32.1. The molecule has 0 bridgehead atoms. The van der Waals surface area contributed by atoms with Crippen molar-refractivity contribution in [3.8, 4) is 0 Å². The Kier molecular flexibility index (Phi) is 6.33.